The van der Waals surface area contributed by atoms with Gasteiger partial charge in [-0.2, -0.15) is 0 Å². The monoisotopic (exact) mass is 474 g/mol. The van der Waals surface area contributed by atoms with Crippen LogP contribution in [0.15, 0.2) is 42.5 Å². The molecular weight excluding hydrogens is 448 g/mol. The smallest absolute Gasteiger partial charge is 0.310 e. The molecule has 0 unspecified atom stereocenters. The standard InChI is InChI=1S/C23H27ClN4O5/c1-23(2,3)22(30)27-12-10-26(11-13-27)18-9-8-16(14-17(18)24)25-21(29)15-33-20-7-5-4-6-19(20)28(31)32/h4-9,14H,10-13,15H2,1-3H3,(H,25,29). The molecule has 9 nitrogen and oxygen atoms in total. The number of hydrogen-bond acceptors (Lipinski definition) is 6. The number of anilines is 2. The second kappa shape index (κ2) is 10.1. The topological polar surface area (TPSA) is 105 Å². The lowest BCUT2D eigenvalue weighted by Crippen LogP contribution is -2.51. The van der Waals surface area contributed by atoms with Gasteiger partial charge in [0.25, 0.3) is 5.91 Å². The fraction of sp³-hybridized carbons (Fsp3) is 0.391. The number of amides is 2. The highest BCUT2D eigenvalue weighted by atomic mass is 35.5. The van der Waals surface area contributed by atoms with Gasteiger partial charge in [-0.3, -0.25) is 19.7 Å². The summed E-state index contributed by atoms with van der Waals surface area (Å²) in [6.45, 7) is 7.93. The van der Waals surface area contributed by atoms with Crippen LogP contribution in [-0.4, -0.2) is 54.4 Å². The molecule has 3 rings (SSSR count). The zero-order chi connectivity index (χ0) is 24.2. The summed E-state index contributed by atoms with van der Waals surface area (Å²) < 4.78 is 5.31. The summed E-state index contributed by atoms with van der Waals surface area (Å²) in [7, 11) is 0. The molecule has 10 heteroatoms. The van der Waals surface area contributed by atoms with E-state index in [-0.39, 0.29) is 24.0 Å². The molecule has 0 aliphatic carbocycles. The van der Waals surface area contributed by atoms with Gasteiger partial charge >= 0.3 is 5.69 Å². The molecule has 2 aromatic carbocycles. The van der Waals surface area contributed by atoms with Gasteiger partial charge in [-0.15, -0.1) is 0 Å². The molecule has 1 fully saturated rings. The van der Waals surface area contributed by atoms with Crippen LogP contribution < -0.4 is 15.0 Å². The number of ether oxygens (including phenoxy) is 1. The SMILES string of the molecule is CC(C)(C)C(=O)N1CCN(c2ccc(NC(=O)COc3ccccc3[N+](=O)[O-])cc2Cl)CC1. The second-order valence-electron chi connectivity index (χ2n) is 8.76. The Labute approximate surface area is 197 Å². The van der Waals surface area contributed by atoms with Gasteiger partial charge < -0.3 is 19.9 Å². The molecule has 1 aliphatic rings. The van der Waals surface area contributed by atoms with Crippen LogP contribution in [0.2, 0.25) is 5.02 Å². The van der Waals surface area contributed by atoms with Crippen molar-refractivity contribution in [3.8, 4) is 5.75 Å². The zero-order valence-electron chi connectivity index (χ0n) is 18.8. The molecule has 0 aromatic heterocycles. The van der Waals surface area contributed by atoms with Crippen LogP contribution in [0.1, 0.15) is 20.8 Å². The van der Waals surface area contributed by atoms with Crippen molar-refractivity contribution in [2.24, 2.45) is 5.41 Å². The Bertz CT molecular complexity index is 1050. The molecule has 33 heavy (non-hydrogen) atoms. The third-order valence-electron chi connectivity index (χ3n) is 5.20. The predicted octanol–water partition coefficient (Wildman–Crippen LogP) is 3.96. The first-order valence-corrected chi connectivity index (χ1v) is 10.9. The van der Waals surface area contributed by atoms with Gasteiger partial charge in [-0.25, -0.2) is 0 Å². The fourth-order valence-electron chi connectivity index (χ4n) is 3.54. The molecule has 1 N–H and O–H groups in total. The number of carbonyl (C=O) groups excluding carboxylic acids is 2. The van der Waals surface area contributed by atoms with Crippen LogP contribution in [0.3, 0.4) is 0 Å². The molecule has 1 saturated heterocycles. The van der Waals surface area contributed by atoms with Crippen LogP contribution in [0.5, 0.6) is 5.75 Å². The molecule has 176 valence electrons. The van der Waals surface area contributed by atoms with Gasteiger partial charge in [-0.05, 0) is 24.3 Å². The van der Waals surface area contributed by atoms with Crippen LogP contribution in [0, 0.1) is 15.5 Å². The number of nitro groups is 1. The van der Waals surface area contributed by atoms with E-state index in [9.17, 15) is 19.7 Å². The molecule has 0 radical (unpaired) electrons. The highest BCUT2D eigenvalue weighted by Crippen LogP contribution is 2.30. The lowest BCUT2D eigenvalue weighted by molar-refractivity contribution is -0.385. The molecule has 0 bridgehead atoms. The number of rotatable bonds is 6. The largest absolute Gasteiger partial charge is 0.477 e. The van der Waals surface area contributed by atoms with Crippen molar-refractivity contribution < 1.29 is 19.2 Å². The van der Waals surface area contributed by atoms with Crippen molar-refractivity contribution in [2.45, 2.75) is 20.8 Å². The molecule has 0 spiro atoms. The van der Waals surface area contributed by atoms with Crippen molar-refractivity contribution in [3.05, 3.63) is 57.6 Å². The Kier molecular flexibility index (Phi) is 7.43. The first kappa shape index (κ1) is 24.3. The molecule has 2 aromatic rings. The minimum absolute atomic E-state index is 0.0233. The van der Waals surface area contributed by atoms with E-state index in [4.69, 9.17) is 16.3 Å². The van der Waals surface area contributed by atoms with Gasteiger partial charge in [-0.1, -0.05) is 44.5 Å². The lowest BCUT2D eigenvalue weighted by Gasteiger charge is -2.39. The molecular formula is C23H27ClN4O5. The third-order valence-corrected chi connectivity index (χ3v) is 5.50. The maximum Gasteiger partial charge on any atom is 0.310 e. The summed E-state index contributed by atoms with van der Waals surface area (Å²) in [5, 5.41) is 14.2. The minimum atomic E-state index is -0.565. The van der Waals surface area contributed by atoms with Crippen molar-refractivity contribution in [3.63, 3.8) is 0 Å². The Morgan fingerprint density at radius 1 is 1.12 bits per heavy atom. The predicted molar refractivity (Wildman–Crippen MR) is 127 cm³/mol. The van der Waals surface area contributed by atoms with Crippen LogP contribution >= 0.6 is 11.6 Å². The van der Waals surface area contributed by atoms with Crippen LogP contribution in [0.4, 0.5) is 17.1 Å². The molecule has 0 saturated carbocycles. The Morgan fingerprint density at radius 2 is 1.79 bits per heavy atom. The molecule has 1 heterocycles. The number of nitrogens with zero attached hydrogens (tertiary/aromatic N) is 3. The molecule has 1 aliphatic heterocycles. The Morgan fingerprint density at radius 3 is 2.39 bits per heavy atom. The van der Waals surface area contributed by atoms with Gasteiger partial charge in [0.05, 0.1) is 15.6 Å². The summed E-state index contributed by atoms with van der Waals surface area (Å²) in [5.41, 5.74) is 0.701. The summed E-state index contributed by atoms with van der Waals surface area (Å²) in [6, 6.07) is 11.1. The van der Waals surface area contributed by atoms with Crippen molar-refractivity contribution in [2.75, 3.05) is 43.0 Å². The number of nitro benzene ring substituents is 1. The minimum Gasteiger partial charge on any atom is -0.477 e. The number of benzene rings is 2. The van der Waals surface area contributed by atoms with E-state index in [1.165, 1.54) is 18.2 Å². The van der Waals surface area contributed by atoms with Crippen molar-refractivity contribution >= 4 is 40.5 Å². The second-order valence-corrected chi connectivity index (χ2v) is 9.16. The van der Waals surface area contributed by atoms with E-state index in [1.807, 2.05) is 31.7 Å². The first-order chi connectivity index (χ1) is 15.6. The summed E-state index contributed by atoms with van der Waals surface area (Å²) in [4.78, 5) is 39.2. The molecule has 2 amide bonds. The van der Waals surface area contributed by atoms with Gasteiger partial charge in [0.15, 0.2) is 12.4 Å². The van der Waals surface area contributed by atoms with Crippen LogP contribution in [-0.2, 0) is 9.59 Å². The van der Waals surface area contributed by atoms with E-state index < -0.39 is 16.2 Å². The summed E-state index contributed by atoms with van der Waals surface area (Å²) in [6.07, 6.45) is 0. The Hall–Kier alpha value is -3.33. The van der Waals surface area contributed by atoms with E-state index in [1.54, 1.807) is 18.2 Å². The van der Waals surface area contributed by atoms with Gasteiger partial charge in [0, 0.05) is 43.3 Å². The number of piperazine rings is 1. The normalized spacial score (nSPS) is 14.1. The average Bonchev–Trinajstić information content (AvgIpc) is 2.77. The van der Waals surface area contributed by atoms with Crippen molar-refractivity contribution in [1.82, 2.24) is 4.90 Å². The number of carbonyl (C=O) groups is 2. The maximum atomic E-state index is 12.5. The lowest BCUT2D eigenvalue weighted by atomic mass is 9.94. The Balaban J connectivity index is 1.56. The maximum absolute atomic E-state index is 12.5. The van der Waals surface area contributed by atoms with Crippen molar-refractivity contribution in [1.29, 1.82) is 0 Å². The number of nitrogens with one attached hydrogen (secondary N) is 1. The third kappa shape index (κ3) is 6.13. The summed E-state index contributed by atoms with van der Waals surface area (Å²) >= 11 is 6.47. The quantitative estimate of drug-likeness (QED) is 0.502. The van der Waals surface area contributed by atoms with Gasteiger partial charge in [0.2, 0.25) is 5.91 Å². The highest BCUT2D eigenvalue weighted by molar-refractivity contribution is 6.33. The van der Waals surface area contributed by atoms with Gasteiger partial charge in [0.1, 0.15) is 0 Å². The molecule has 0 atom stereocenters. The van der Waals surface area contributed by atoms with E-state index >= 15 is 0 Å². The number of halogens is 1. The average molecular weight is 475 g/mol. The van der Waals surface area contributed by atoms with Crippen LogP contribution in [0.25, 0.3) is 0 Å². The van der Waals surface area contributed by atoms with E-state index in [2.05, 4.69) is 10.2 Å². The van der Waals surface area contributed by atoms with E-state index in [0.29, 0.717) is 36.9 Å². The van der Waals surface area contributed by atoms with E-state index in [0.717, 1.165) is 5.69 Å². The fourth-order valence-corrected chi connectivity index (χ4v) is 3.84. The highest BCUT2D eigenvalue weighted by Gasteiger charge is 2.30. The first-order valence-electron chi connectivity index (χ1n) is 10.6. The number of hydrogen-bond donors (Lipinski definition) is 1. The number of para-hydroxylation sites is 2. The summed E-state index contributed by atoms with van der Waals surface area (Å²) in [5.74, 6) is -0.309. The zero-order valence-corrected chi connectivity index (χ0v) is 19.6.